The van der Waals surface area contributed by atoms with E-state index >= 15 is 0 Å². The lowest BCUT2D eigenvalue weighted by Gasteiger charge is -2.27. The van der Waals surface area contributed by atoms with Crippen LogP contribution in [0.2, 0.25) is 0 Å². The number of pyridine rings is 1. The van der Waals surface area contributed by atoms with Crippen molar-refractivity contribution in [1.29, 1.82) is 0 Å². The zero-order chi connectivity index (χ0) is 19.4. The van der Waals surface area contributed by atoms with Crippen LogP contribution in [0.1, 0.15) is 49.0 Å². The first-order chi connectivity index (χ1) is 12.9. The number of imide groups is 1. The Morgan fingerprint density at radius 3 is 2.44 bits per heavy atom. The predicted octanol–water partition coefficient (Wildman–Crippen LogP) is 0.672. The summed E-state index contributed by atoms with van der Waals surface area (Å²) in [5.74, 6) is -2.31. The molecule has 1 aromatic heterocycles. The van der Waals surface area contributed by atoms with Gasteiger partial charge >= 0.3 is 5.97 Å². The number of carbonyl (C=O) groups is 4. The third kappa shape index (κ3) is 4.81. The van der Waals surface area contributed by atoms with E-state index in [2.05, 4.69) is 20.9 Å². The van der Waals surface area contributed by atoms with Crippen LogP contribution in [0.25, 0.3) is 0 Å². The summed E-state index contributed by atoms with van der Waals surface area (Å²) >= 11 is 0. The minimum absolute atomic E-state index is 0.180. The van der Waals surface area contributed by atoms with Gasteiger partial charge in [-0.25, -0.2) is 4.98 Å². The molecule has 2 heterocycles. The molecule has 0 bridgehead atoms. The van der Waals surface area contributed by atoms with E-state index in [1.165, 1.54) is 0 Å². The minimum Gasteiger partial charge on any atom is -0.481 e. The normalized spacial score (nSPS) is 25.4. The lowest BCUT2D eigenvalue weighted by molar-refractivity contribution is -0.143. The van der Waals surface area contributed by atoms with Crippen molar-refractivity contribution in [3.63, 3.8) is 0 Å². The summed E-state index contributed by atoms with van der Waals surface area (Å²) in [5.41, 5.74) is 0.936. The lowest BCUT2D eigenvalue weighted by Crippen LogP contribution is -2.52. The van der Waals surface area contributed by atoms with Crippen LogP contribution < -0.4 is 16.0 Å². The second kappa shape index (κ2) is 8.15. The monoisotopic (exact) mass is 374 g/mol. The molecule has 9 heteroatoms. The van der Waals surface area contributed by atoms with E-state index in [4.69, 9.17) is 5.11 Å². The quantitative estimate of drug-likeness (QED) is 0.556. The van der Waals surface area contributed by atoms with Crippen molar-refractivity contribution in [2.24, 2.45) is 5.92 Å². The maximum absolute atomic E-state index is 12.2. The van der Waals surface area contributed by atoms with Gasteiger partial charge < -0.3 is 15.7 Å². The number of nitrogens with one attached hydrogen (secondary N) is 3. The number of piperidine rings is 1. The highest BCUT2D eigenvalue weighted by Crippen LogP contribution is 2.26. The smallest absolute Gasteiger partial charge is 0.306 e. The molecule has 2 fully saturated rings. The van der Waals surface area contributed by atoms with E-state index in [0.29, 0.717) is 12.8 Å². The zero-order valence-electron chi connectivity index (χ0n) is 14.7. The van der Waals surface area contributed by atoms with Gasteiger partial charge in [0.2, 0.25) is 11.8 Å². The second-order valence-corrected chi connectivity index (χ2v) is 6.94. The van der Waals surface area contributed by atoms with Crippen molar-refractivity contribution in [3.05, 3.63) is 24.0 Å². The third-order valence-electron chi connectivity index (χ3n) is 4.99. The molecule has 4 N–H and O–H groups in total. The van der Waals surface area contributed by atoms with Crippen molar-refractivity contribution in [2.45, 2.75) is 50.6 Å². The van der Waals surface area contributed by atoms with E-state index in [9.17, 15) is 19.2 Å². The van der Waals surface area contributed by atoms with E-state index in [1.54, 1.807) is 18.3 Å². The number of aliphatic carboxylic acids is 1. The van der Waals surface area contributed by atoms with Gasteiger partial charge in [0, 0.05) is 12.5 Å². The van der Waals surface area contributed by atoms with Crippen LogP contribution in [0.5, 0.6) is 0 Å². The van der Waals surface area contributed by atoms with Gasteiger partial charge in [-0.15, -0.1) is 0 Å². The molecule has 0 radical (unpaired) electrons. The number of carboxylic acid groups (broad SMARTS) is 1. The summed E-state index contributed by atoms with van der Waals surface area (Å²) < 4.78 is 0. The first kappa shape index (κ1) is 18.8. The van der Waals surface area contributed by atoms with Crippen LogP contribution in [0.4, 0.5) is 5.69 Å². The van der Waals surface area contributed by atoms with Crippen LogP contribution in [0.3, 0.4) is 0 Å². The van der Waals surface area contributed by atoms with E-state index in [1.807, 2.05) is 0 Å². The Morgan fingerprint density at radius 1 is 1.11 bits per heavy atom. The summed E-state index contributed by atoms with van der Waals surface area (Å²) in [5, 5.41) is 17.1. The lowest BCUT2D eigenvalue weighted by atomic mass is 9.86. The van der Waals surface area contributed by atoms with Gasteiger partial charge in [-0.1, -0.05) is 0 Å². The first-order valence-corrected chi connectivity index (χ1v) is 9.02. The maximum atomic E-state index is 12.2. The molecule has 3 amide bonds. The number of amides is 3. The molecule has 1 saturated carbocycles. The molecule has 0 aromatic carbocycles. The van der Waals surface area contributed by atoms with Crippen molar-refractivity contribution < 1.29 is 24.3 Å². The van der Waals surface area contributed by atoms with Gasteiger partial charge in [-0.2, -0.15) is 0 Å². The zero-order valence-corrected chi connectivity index (χ0v) is 14.7. The summed E-state index contributed by atoms with van der Waals surface area (Å²) in [7, 11) is 0. The van der Waals surface area contributed by atoms with Crippen molar-refractivity contribution in [2.75, 3.05) is 5.32 Å². The molecular weight excluding hydrogens is 352 g/mol. The molecule has 27 heavy (non-hydrogen) atoms. The highest BCUT2D eigenvalue weighted by molar-refractivity contribution is 6.03. The summed E-state index contributed by atoms with van der Waals surface area (Å²) in [6, 6.07) is 2.74. The first-order valence-electron chi connectivity index (χ1n) is 9.02. The molecule has 9 nitrogen and oxygen atoms in total. The Bertz CT molecular complexity index is 741. The van der Waals surface area contributed by atoms with Crippen molar-refractivity contribution in [3.8, 4) is 0 Å². The molecule has 1 aromatic rings. The molecule has 1 aliphatic carbocycles. The number of anilines is 1. The number of carboxylic acids is 1. The molecule has 1 atom stereocenters. The summed E-state index contributed by atoms with van der Waals surface area (Å²) in [6.07, 6.45) is 4.85. The van der Waals surface area contributed by atoms with Crippen molar-refractivity contribution in [1.82, 2.24) is 15.6 Å². The Balaban J connectivity index is 1.51. The fraction of sp³-hybridized carbons (Fsp3) is 0.500. The minimum atomic E-state index is -0.737. The standard InChI is InChI=1S/C18H22N4O5/c23-15-8-7-14(17(25)22-15)21-16(24)13-6-5-12(9-19-13)20-11-3-1-10(2-4-11)18(26)27/h5-6,9-11,14,20H,1-4,7-8H2,(H,21,24)(H,26,27)(H,22,23,25)/t10-,11-,14?. The predicted molar refractivity (Wildman–Crippen MR) is 94.9 cm³/mol. The molecule has 1 aliphatic heterocycles. The molecular formula is C18H22N4O5. The van der Waals surface area contributed by atoms with Gasteiger partial charge in [-0.05, 0) is 44.2 Å². The number of hydrogen-bond acceptors (Lipinski definition) is 6. The summed E-state index contributed by atoms with van der Waals surface area (Å²) in [4.78, 5) is 50.2. The maximum Gasteiger partial charge on any atom is 0.306 e. The molecule has 2 aliphatic rings. The number of nitrogens with zero attached hydrogens (tertiary/aromatic N) is 1. The van der Waals surface area contributed by atoms with Gasteiger partial charge in [0.25, 0.3) is 5.91 Å². The van der Waals surface area contributed by atoms with Crippen LogP contribution in [-0.2, 0) is 14.4 Å². The largest absolute Gasteiger partial charge is 0.481 e. The fourth-order valence-electron chi connectivity index (χ4n) is 3.40. The highest BCUT2D eigenvalue weighted by atomic mass is 16.4. The topological polar surface area (TPSA) is 137 Å². The number of carbonyl (C=O) groups excluding carboxylic acids is 3. The Kier molecular flexibility index (Phi) is 5.68. The third-order valence-corrected chi connectivity index (χ3v) is 4.99. The second-order valence-electron chi connectivity index (χ2n) is 6.94. The molecule has 3 rings (SSSR count). The average Bonchev–Trinajstić information content (AvgIpc) is 2.65. The molecule has 1 unspecified atom stereocenters. The molecule has 1 saturated heterocycles. The van der Waals surface area contributed by atoms with Gasteiger partial charge in [-0.3, -0.25) is 24.5 Å². The van der Waals surface area contributed by atoms with Gasteiger partial charge in [0.05, 0.1) is 17.8 Å². The number of hydrogen-bond donors (Lipinski definition) is 4. The van der Waals surface area contributed by atoms with E-state index in [0.717, 1.165) is 18.5 Å². The van der Waals surface area contributed by atoms with Crippen LogP contribution in [0, 0.1) is 5.92 Å². The molecule has 144 valence electrons. The van der Waals surface area contributed by atoms with Crippen molar-refractivity contribution >= 4 is 29.4 Å². The van der Waals surface area contributed by atoms with E-state index in [-0.39, 0.29) is 36.4 Å². The van der Waals surface area contributed by atoms with Crippen LogP contribution in [-0.4, -0.2) is 45.9 Å². The number of rotatable bonds is 5. The van der Waals surface area contributed by atoms with Gasteiger partial charge in [0.15, 0.2) is 0 Å². The van der Waals surface area contributed by atoms with Crippen LogP contribution in [0.15, 0.2) is 18.3 Å². The SMILES string of the molecule is O=C1CCC(NC(=O)c2ccc(N[C@H]3CC[C@H](C(=O)O)CC3)cn2)C(=O)N1. The highest BCUT2D eigenvalue weighted by Gasteiger charge is 2.28. The fourth-order valence-corrected chi connectivity index (χ4v) is 3.40. The van der Waals surface area contributed by atoms with Crippen LogP contribution >= 0.6 is 0 Å². The average molecular weight is 374 g/mol. The Labute approximate surface area is 155 Å². The Hall–Kier alpha value is -2.97. The van der Waals surface area contributed by atoms with Gasteiger partial charge in [0.1, 0.15) is 11.7 Å². The molecule has 0 spiro atoms. The Morgan fingerprint density at radius 2 is 1.85 bits per heavy atom. The summed E-state index contributed by atoms with van der Waals surface area (Å²) in [6.45, 7) is 0. The number of aromatic nitrogens is 1. The van der Waals surface area contributed by atoms with E-state index < -0.39 is 23.8 Å².